The zero-order chi connectivity index (χ0) is 14.8. The molecule has 1 heterocycles. The molecule has 0 saturated heterocycles. The lowest BCUT2D eigenvalue weighted by molar-refractivity contribution is 0.257. The Labute approximate surface area is 125 Å². The van der Waals surface area contributed by atoms with Crippen LogP contribution in [0.2, 0.25) is 0 Å². The highest BCUT2D eigenvalue weighted by atomic mass is 15.5. The van der Waals surface area contributed by atoms with E-state index in [1.54, 1.807) is 0 Å². The molecular weight excluding hydrogens is 262 g/mol. The van der Waals surface area contributed by atoms with Gasteiger partial charge in [-0.3, -0.25) is 0 Å². The van der Waals surface area contributed by atoms with Crippen LogP contribution in [0.5, 0.6) is 0 Å². The first-order chi connectivity index (χ1) is 10.1. The number of aromatic nitrogens is 4. The van der Waals surface area contributed by atoms with Gasteiger partial charge in [0.1, 0.15) is 0 Å². The molecule has 0 amide bonds. The minimum absolute atomic E-state index is 0.675. The van der Waals surface area contributed by atoms with Gasteiger partial charge < -0.3 is 5.73 Å². The zero-order valence-electron chi connectivity index (χ0n) is 12.8. The molecule has 0 aliphatic heterocycles. The molecule has 3 rings (SSSR count). The molecule has 1 aromatic carbocycles. The van der Waals surface area contributed by atoms with Crippen LogP contribution in [0.25, 0.3) is 11.4 Å². The van der Waals surface area contributed by atoms with Crippen LogP contribution in [0, 0.1) is 18.8 Å². The third-order valence-electron chi connectivity index (χ3n) is 4.55. The lowest BCUT2D eigenvalue weighted by Gasteiger charge is -2.26. The molecule has 112 valence electrons. The Morgan fingerprint density at radius 1 is 1.24 bits per heavy atom. The molecule has 21 heavy (non-hydrogen) atoms. The highest BCUT2D eigenvalue weighted by Crippen LogP contribution is 2.31. The van der Waals surface area contributed by atoms with Crippen molar-refractivity contribution in [1.82, 2.24) is 20.2 Å². The third-order valence-corrected chi connectivity index (χ3v) is 4.55. The van der Waals surface area contributed by atoms with Gasteiger partial charge in [-0.05, 0) is 54.2 Å². The Kier molecular flexibility index (Phi) is 3.90. The summed E-state index contributed by atoms with van der Waals surface area (Å²) in [5, 5.41) is 12.2. The Hall–Kier alpha value is -1.91. The quantitative estimate of drug-likeness (QED) is 0.880. The Morgan fingerprint density at radius 3 is 2.76 bits per heavy atom. The lowest BCUT2D eigenvalue weighted by atomic mass is 9.83. The maximum absolute atomic E-state index is 6.09. The van der Waals surface area contributed by atoms with Crippen molar-refractivity contribution in [3.05, 3.63) is 23.8 Å². The predicted octanol–water partition coefficient (Wildman–Crippen LogP) is 3.06. The second-order valence-corrected chi connectivity index (χ2v) is 6.40. The summed E-state index contributed by atoms with van der Waals surface area (Å²) < 4.78 is 1.92. The van der Waals surface area contributed by atoms with Crippen molar-refractivity contribution in [2.45, 2.75) is 46.1 Å². The lowest BCUT2D eigenvalue weighted by Crippen LogP contribution is -2.19. The van der Waals surface area contributed by atoms with E-state index in [1.165, 1.54) is 31.2 Å². The Morgan fingerprint density at radius 2 is 2.00 bits per heavy atom. The van der Waals surface area contributed by atoms with Gasteiger partial charge in [0.25, 0.3) is 0 Å². The van der Waals surface area contributed by atoms with E-state index in [2.05, 4.69) is 35.4 Å². The molecule has 0 bridgehead atoms. The summed E-state index contributed by atoms with van der Waals surface area (Å²) in [5.41, 5.74) is 8.92. The van der Waals surface area contributed by atoms with Gasteiger partial charge in [-0.15, -0.1) is 5.10 Å². The molecule has 1 aromatic heterocycles. The molecule has 5 nitrogen and oxygen atoms in total. The maximum Gasteiger partial charge on any atom is 0.184 e. The first-order valence-electron chi connectivity index (χ1n) is 7.76. The second kappa shape index (κ2) is 5.84. The van der Waals surface area contributed by atoms with E-state index in [0.29, 0.717) is 5.92 Å². The number of aryl methyl sites for hydroxylation is 1. The first kappa shape index (κ1) is 14.0. The van der Waals surface area contributed by atoms with E-state index in [1.807, 2.05) is 16.8 Å². The van der Waals surface area contributed by atoms with Gasteiger partial charge in [0.2, 0.25) is 0 Å². The highest BCUT2D eigenvalue weighted by molar-refractivity contribution is 5.71. The summed E-state index contributed by atoms with van der Waals surface area (Å²) in [4.78, 5) is 0. The first-order valence-corrected chi connectivity index (χ1v) is 7.76. The largest absolute Gasteiger partial charge is 0.398 e. The number of nitrogens with two attached hydrogens (primary N) is 1. The molecule has 1 fully saturated rings. The van der Waals surface area contributed by atoms with Crippen molar-refractivity contribution in [2.75, 3.05) is 5.73 Å². The number of nitrogens with zero attached hydrogens (tertiary/aromatic N) is 4. The minimum Gasteiger partial charge on any atom is -0.398 e. The van der Waals surface area contributed by atoms with Crippen LogP contribution in [0.15, 0.2) is 18.2 Å². The standard InChI is InChI=1S/C16H23N5/c1-11-3-6-13(7-4-11)10-21-16(18-19-20-21)14-9-12(2)5-8-15(14)17/h5,8-9,11,13H,3-4,6-7,10,17H2,1-2H3. The number of benzene rings is 1. The summed E-state index contributed by atoms with van der Waals surface area (Å²) in [6.07, 6.45) is 5.16. The number of tetrazole rings is 1. The smallest absolute Gasteiger partial charge is 0.184 e. The van der Waals surface area contributed by atoms with E-state index in [-0.39, 0.29) is 0 Å². The summed E-state index contributed by atoms with van der Waals surface area (Å²) in [6.45, 7) is 5.29. The fourth-order valence-corrected chi connectivity index (χ4v) is 3.14. The fraction of sp³-hybridized carbons (Fsp3) is 0.562. The van der Waals surface area contributed by atoms with Crippen molar-refractivity contribution >= 4 is 5.69 Å². The van der Waals surface area contributed by atoms with E-state index >= 15 is 0 Å². The van der Waals surface area contributed by atoms with Crippen molar-refractivity contribution in [1.29, 1.82) is 0 Å². The summed E-state index contributed by atoms with van der Waals surface area (Å²) in [6, 6.07) is 5.99. The molecule has 2 N–H and O–H groups in total. The Balaban J connectivity index is 1.82. The van der Waals surface area contributed by atoms with Crippen LogP contribution in [0.3, 0.4) is 0 Å². The van der Waals surface area contributed by atoms with Gasteiger partial charge in [-0.2, -0.15) is 0 Å². The predicted molar refractivity (Wildman–Crippen MR) is 83.5 cm³/mol. The van der Waals surface area contributed by atoms with Gasteiger partial charge >= 0.3 is 0 Å². The second-order valence-electron chi connectivity index (χ2n) is 6.40. The summed E-state index contributed by atoms with van der Waals surface area (Å²) in [5.74, 6) is 2.33. The number of rotatable bonds is 3. The van der Waals surface area contributed by atoms with Crippen molar-refractivity contribution < 1.29 is 0 Å². The van der Waals surface area contributed by atoms with Gasteiger partial charge in [-0.25, -0.2) is 4.68 Å². The number of hydrogen-bond acceptors (Lipinski definition) is 4. The molecule has 1 saturated carbocycles. The molecule has 5 heteroatoms. The highest BCUT2D eigenvalue weighted by Gasteiger charge is 2.21. The molecule has 1 aliphatic carbocycles. The van der Waals surface area contributed by atoms with Gasteiger partial charge in [-0.1, -0.05) is 31.4 Å². The van der Waals surface area contributed by atoms with E-state index in [4.69, 9.17) is 5.73 Å². The maximum atomic E-state index is 6.09. The minimum atomic E-state index is 0.675. The van der Waals surface area contributed by atoms with Gasteiger partial charge in [0, 0.05) is 17.8 Å². The van der Waals surface area contributed by atoms with E-state index < -0.39 is 0 Å². The Bertz CT molecular complexity index is 611. The topological polar surface area (TPSA) is 69.6 Å². The monoisotopic (exact) mass is 285 g/mol. The van der Waals surface area contributed by atoms with E-state index in [9.17, 15) is 0 Å². The third kappa shape index (κ3) is 3.06. The van der Waals surface area contributed by atoms with Crippen molar-refractivity contribution in [2.24, 2.45) is 11.8 Å². The molecule has 0 atom stereocenters. The molecule has 0 radical (unpaired) electrons. The number of nitrogen functional groups attached to an aromatic ring is 1. The molecule has 2 aromatic rings. The van der Waals surface area contributed by atoms with Crippen LogP contribution in [0.4, 0.5) is 5.69 Å². The fourth-order valence-electron chi connectivity index (χ4n) is 3.14. The summed E-state index contributed by atoms with van der Waals surface area (Å²) in [7, 11) is 0. The SMILES string of the molecule is Cc1ccc(N)c(-c2nnnn2CC2CCC(C)CC2)c1. The van der Waals surface area contributed by atoms with Crippen LogP contribution >= 0.6 is 0 Å². The average Bonchev–Trinajstić information content (AvgIpc) is 2.92. The summed E-state index contributed by atoms with van der Waals surface area (Å²) >= 11 is 0. The van der Waals surface area contributed by atoms with Crippen molar-refractivity contribution in [3.63, 3.8) is 0 Å². The molecule has 0 spiro atoms. The molecular formula is C16H23N5. The number of anilines is 1. The van der Waals surface area contributed by atoms with Crippen molar-refractivity contribution in [3.8, 4) is 11.4 Å². The van der Waals surface area contributed by atoms with Crippen LogP contribution in [-0.2, 0) is 6.54 Å². The molecule has 0 unspecified atom stereocenters. The normalized spacial score (nSPS) is 22.4. The average molecular weight is 285 g/mol. The van der Waals surface area contributed by atoms with Crippen LogP contribution in [-0.4, -0.2) is 20.2 Å². The number of hydrogen-bond donors (Lipinski definition) is 1. The van der Waals surface area contributed by atoms with Gasteiger partial charge in [0.15, 0.2) is 5.82 Å². The zero-order valence-corrected chi connectivity index (χ0v) is 12.8. The molecule has 1 aliphatic rings. The van der Waals surface area contributed by atoms with Gasteiger partial charge in [0.05, 0.1) is 0 Å². The van der Waals surface area contributed by atoms with Crippen LogP contribution < -0.4 is 5.73 Å². The van der Waals surface area contributed by atoms with E-state index in [0.717, 1.165) is 29.5 Å². The van der Waals surface area contributed by atoms with Crippen LogP contribution in [0.1, 0.15) is 38.2 Å².